The quantitative estimate of drug-likeness (QED) is 0.113. The van der Waals surface area contributed by atoms with Crippen molar-refractivity contribution in [1.29, 1.82) is 0 Å². The lowest BCUT2D eigenvalue weighted by molar-refractivity contribution is 1.18. The topological polar surface area (TPSA) is 77.3 Å². The number of nitrogens with zero attached hydrogens (tertiary/aromatic N) is 6. The Bertz CT molecular complexity index is 7100. The van der Waals surface area contributed by atoms with Crippen LogP contribution in [-0.4, -0.2) is 29.9 Å². The second-order valence-electron chi connectivity index (χ2n) is 28.5. The maximum Gasteiger partial charge on any atom is 0.160 e. The fraction of sp³-hybridized carbons (Fsp3) is 0. The van der Waals surface area contributed by atoms with E-state index in [-0.39, 0.29) is 0 Å². The van der Waals surface area contributed by atoms with Crippen molar-refractivity contribution in [3.05, 3.63) is 413 Å². The summed E-state index contributed by atoms with van der Waals surface area (Å²) in [4.78, 5) is 29.5. The van der Waals surface area contributed by atoms with E-state index in [1.807, 2.05) is 24.5 Å². The van der Waals surface area contributed by atoms with Gasteiger partial charge in [0.25, 0.3) is 0 Å². The first kappa shape index (κ1) is 66.5. The lowest BCUT2D eigenvalue weighted by Gasteiger charge is -2.13. The van der Waals surface area contributed by atoms with Gasteiger partial charge in [-0.15, -0.1) is 0 Å². The molecule has 21 rings (SSSR count). The molecule has 4 heterocycles. The second kappa shape index (κ2) is 29.0. The molecule has 21 aromatic rings. The van der Waals surface area contributed by atoms with E-state index < -0.39 is 0 Å². The minimum atomic E-state index is 0.682. The van der Waals surface area contributed by atoms with Crippen LogP contribution in [0.25, 0.3) is 210 Å². The molecular weight excluding hydrogens is 1360 g/mol. The molecule has 0 aliphatic rings. The molecule has 4 aromatic heterocycles. The normalized spacial score (nSPS) is 11.4. The highest BCUT2D eigenvalue weighted by Crippen LogP contribution is 2.42. The van der Waals surface area contributed by atoms with Gasteiger partial charge in [-0.2, -0.15) is 0 Å². The summed E-state index contributed by atoms with van der Waals surface area (Å²) >= 11 is 0. The zero-order valence-corrected chi connectivity index (χ0v) is 60.9. The van der Waals surface area contributed by atoms with Crippen molar-refractivity contribution in [2.75, 3.05) is 0 Å². The summed E-state index contributed by atoms with van der Waals surface area (Å²) in [5, 5.41) is 17.6. The fourth-order valence-electron chi connectivity index (χ4n) is 16.0. The maximum atomic E-state index is 5.25. The molecule has 6 nitrogen and oxygen atoms in total. The van der Waals surface area contributed by atoms with Gasteiger partial charge in [0.15, 0.2) is 11.6 Å². The van der Waals surface area contributed by atoms with E-state index in [4.69, 9.17) is 19.9 Å². The van der Waals surface area contributed by atoms with Crippen LogP contribution in [0, 0.1) is 0 Å². The van der Waals surface area contributed by atoms with Crippen molar-refractivity contribution in [1.82, 2.24) is 29.9 Å². The van der Waals surface area contributed by atoms with Crippen LogP contribution in [-0.2, 0) is 0 Å². The third-order valence-electron chi connectivity index (χ3n) is 21.7. The van der Waals surface area contributed by atoms with Crippen molar-refractivity contribution >= 4 is 75.4 Å². The van der Waals surface area contributed by atoms with E-state index in [9.17, 15) is 0 Å². The van der Waals surface area contributed by atoms with Gasteiger partial charge in [0.1, 0.15) is 0 Å². The minimum absolute atomic E-state index is 0.682. The molecule has 17 aromatic carbocycles. The average Bonchev–Trinajstić information content (AvgIpc) is 0.739. The summed E-state index contributed by atoms with van der Waals surface area (Å²) in [6.45, 7) is 0. The number of aromatic nitrogens is 6. The van der Waals surface area contributed by atoms with Crippen molar-refractivity contribution < 1.29 is 0 Å². The standard InChI is InChI=1S/C55H35N3.C51H33N3/c1-2-15-45-38(10-1)11-8-20-46(45)42-12-7-13-43(32-42)54-34-53(39-25-21-37(22-26-39)44-14-9-31-56-35-44)57-55(58-54)40-27-23-36(24-28-40)41-29-30-51-49-18-4-3-16-47(49)48-17-5-6-19-50(48)52(51)33-41;1-2-10-39-29-41(27-20-34(39)9-1)40-12-7-13-43(30-40)51-53-49(37-23-18-35(19-24-37)44-14-8-28-52-33-44)32-50(54-51)38-25-21-36(22-26-38)48-31-42-11-3-4-15-45(42)46-16-5-6-17-47(46)48/h1-35H;1-33H. The molecule has 0 unspecified atom stereocenters. The Hall–Kier alpha value is -15.0. The summed E-state index contributed by atoms with van der Waals surface area (Å²) in [5.41, 5.74) is 23.3. The van der Waals surface area contributed by atoms with E-state index in [0.29, 0.717) is 11.6 Å². The zero-order valence-electron chi connectivity index (χ0n) is 60.9. The molecule has 0 spiro atoms. The highest BCUT2D eigenvalue weighted by molar-refractivity contribution is 6.26. The van der Waals surface area contributed by atoms with E-state index in [1.165, 1.54) is 97.7 Å². The number of hydrogen-bond acceptors (Lipinski definition) is 6. The maximum absolute atomic E-state index is 5.25. The van der Waals surface area contributed by atoms with Crippen molar-refractivity contribution in [3.8, 4) is 135 Å². The number of fused-ring (bicyclic) bond motifs is 11. The third kappa shape index (κ3) is 12.9. The Kier molecular flexibility index (Phi) is 17.2. The summed E-state index contributed by atoms with van der Waals surface area (Å²) in [5.74, 6) is 1.37. The van der Waals surface area contributed by atoms with E-state index in [1.54, 1.807) is 12.4 Å². The Balaban J connectivity index is 0.000000146. The summed E-state index contributed by atoms with van der Waals surface area (Å²) in [6.07, 6.45) is 7.38. The predicted octanol–water partition coefficient (Wildman–Crippen LogP) is 27.8. The molecule has 0 bridgehead atoms. The van der Waals surface area contributed by atoms with Crippen molar-refractivity contribution in [2.45, 2.75) is 0 Å². The molecule has 0 atom stereocenters. The number of rotatable bonds is 12. The smallest absolute Gasteiger partial charge is 0.160 e. The Labute approximate surface area is 648 Å². The van der Waals surface area contributed by atoms with Crippen LogP contribution in [0.4, 0.5) is 0 Å². The van der Waals surface area contributed by atoms with Gasteiger partial charge in [0, 0.05) is 58.2 Å². The second-order valence-corrected chi connectivity index (χ2v) is 28.5. The highest BCUT2D eigenvalue weighted by Gasteiger charge is 2.19. The van der Waals surface area contributed by atoms with Crippen molar-refractivity contribution in [2.24, 2.45) is 0 Å². The lowest BCUT2D eigenvalue weighted by Crippen LogP contribution is -1.96. The van der Waals surface area contributed by atoms with E-state index in [0.717, 1.165) is 101 Å². The molecule has 0 amide bonds. The minimum Gasteiger partial charge on any atom is -0.264 e. The number of benzene rings is 17. The van der Waals surface area contributed by atoms with Gasteiger partial charge < -0.3 is 0 Å². The monoisotopic (exact) mass is 1420 g/mol. The highest BCUT2D eigenvalue weighted by atomic mass is 14.9. The third-order valence-corrected chi connectivity index (χ3v) is 21.7. The molecule has 522 valence electrons. The molecule has 0 fully saturated rings. The Morgan fingerprint density at radius 2 is 0.509 bits per heavy atom. The molecule has 0 radical (unpaired) electrons. The van der Waals surface area contributed by atoms with Gasteiger partial charge >= 0.3 is 0 Å². The van der Waals surface area contributed by atoms with Gasteiger partial charge in [-0.1, -0.05) is 334 Å². The first-order chi connectivity index (χ1) is 55.5. The lowest BCUT2D eigenvalue weighted by atomic mass is 9.92. The average molecular weight is 1430 g/mol. The van der Waals surface area contributed by atoms with Crippen LogP contribution in [0.2, 0.25) is 0 Å². The van der Waals surface area contributed by atoms with Crippen LogP contribution >= 0.6 is 0 Å². The van der Waals surface area contributed by atoms with Gasteiger partial charge in [-0.3, -0.25) is 9.97 Å². The Morgan fingerprint density at radius 3 is 1.10 bits per heavy atom. The molecule has 112 heavy (non-hydrogen) atoms. The van der Waals surface area contributed by atoms with Crippen LogP contribution in [0.15, 0.2) is 413 Å². The van der Waals surface area contributed by atoms with Gasteiger partial charge in [-0.05, 0) is 197 Å². The van der Waals surface area contributed by atoms with Gasteiger partial charge in [-0.25, -0.2) is 19.9 Å². The molecule has 0 saturated carbocycles. The van der Waals surface area contributed by atoms with Crippen molar-refractivity contribution in [3.63, 3.8) is 0 Å². The molecule has 0 aliphatic carbocycles. The fourth-order valence-corrected chi connectivity index (χ4v) is 16.0. The largest absolute Gasteiger partial charge is 0.264 e. The zero-order chi connectivity index (χ0) is 74.3. The molecule has 0 aliphatic heterocycles. The predicted molar refractivity (Wildman–Crippen MR) is 467 cm³/mol. The number of hydrogen-bond donors (Lipinski definition) is 0. The Morgan fingerprint density at radius 1 is 0.143 bits per heavy atom. The first-order valence-electron chi connectivity index (χ1n) is 37.9. The molecular formula is C106H68N6. The van der Waals surface area contributed by atoms with Crippen LogP contribution in [0.5, 0.6) is 0 Å². The molecule has 0 saturated heterocycles. The summed E-state index contributed by atoms with van der Waals surface area (Å²) in [6, 6.07) is 138. The van der Waals surface area contributed by atoms with Gasteiger partial charge in [0.2, 0.25) is 0 Å². The van der Waals surface area contributed by atoms with Crippen LogP contribution in [0.3, 0.4) is 0 Å². The van der Waals surface area contributed by atoms with Crippen LogP contribution in [0.1, 0.15) is 0 Å². The van der Waals surface area contributed by atoms with E-state index >= 15 is 0 Å². The molecule has 6 heteroatoms. The first-order valence-corrected chi connectivity index (χ1v) is 37.9. The summed E-state index contributed by atoms with van der Waals surface area (Å²) in [7, 11) is 0. The van der Waals surface area contributed by atoms with E-state index in [2.05, 4.69) is 386 Å². The summed E-state index contributed by atoms with van der Waals surface area (Å²) < 4.78 is 0. The van der Waals surface area contributed by atoms with Gasteiger partial charge in [0.05, 0.1) is 22.8 Å². The molecule has 0 N–H and O–H groups in total. The van der Waals surface area contributed by atoms with Crippen LogP contribution < -0.4 is 0 Å². The SMILES string of the molecule is c1cncc(-c2ccc(-c3cc(-c4ccc(-c5cc6ccccc6c6ccccc56)cc4)nc(-c4cccc(-c5ccc6ccccc6c5)c4)n3)cc2)c1.c1cncc(-c2ccc(-c3cc(-c4cccc(-c5cccc6ccccc56)c4)nc(-c4ccc(-c5ccc6c7ccccc7c7ccccc7c6c5)cc4)n3)cc2)c1. The number of pyridine rings is 2.